The van der Waals surface area contributed by atoms with Crippen LogP contribution >= 0.6 is 11.6 Å². The van der Waals surface area contributed by atoms with Gasteiger partial charge in [-0.1, -0.05) is 11.6 Å². The molecule has 0 unspecified atom stereocenters. The van der Waals surface area contributed by atoms with E-state index in [0.717, 1.165) is 0 Å². The molecule has 1 aromatic heterocycles. The zero-order valence-electron chi connectivity index (χ0n) is 11.1. The maximum absolute atomic E-state index is 11.1. The van der Waals surface area contributed by atoms with E-state index in [-0.39, 0.29) is 5.56 Å². The lowest BCUT2D eigenvalue weighted by atomic mass is 10.2. The Bertz CT molecular complexity index is 842. The van der Waals surface area contributed by atoms with Crippen molar-refractivity contribution in [3.8, 4) is 11.4 Å². The predicted octanol–water partition coefficient (Wildman–Crippen LogP) is 3.39. The highest BCUT2D eigenvalue weighted by molar-refractivity contribution is 6.32. The molecule has 6 heteroatoms. The minimum Gasteiger partial charge on any atom is -0.497 e. The highest BCUT2D eigenvalue weighted by Gasteiger charge is 2.12. The third-order valence-corrected chi connectivity index (χ3v) is 3.53. The second-order valence-corrected chi connectivity index (χ2v) is 4.85. The topological polar surface area (TPSA) is 64.4 Å². The number of carbonyl (C=O) groups is 1. The Morgan fingerprint density at radius 3 is 2.81 bits per heavy atom. The molecule has 0 fully saturated rings. The summed E-state index contributed by atoms with van der Waals surface area (Å²) in [6.45, 7) is 0. The van der Waals surface area contributed by atoms with Crippen LogP contribution in [0.5, 0.6) is 5.75 Å². The number of carboxylic acids is 1. The van der Waals surface area contributed by atoms with E-state index in [0.29, 0.717) is 27.5 Å². The fourth-order valence-electron chi connectivity index (χ4n) is 2.14. The Morgan fingerprint density at radius 1 is 1.29 bits per heavy atom. The summed E-state index contributed by atoms with van der Waals surface area (Å²) in [5.41, 5.74) is 2.24. The van der Waals surface area contributed by atoms with Crippen LogP contribution in [0.1, 0.15) is 10.4 Å². The second-order valence-electron chi connectivity index (χ2n) is 4.44. The van der Waals surface area contributed by atoms with Crippen LogP contribution in [0, 0.1) is 0 Å². The van der Waals surface area contributed by atoms with Crippen LogP contribution in [0.15, 0.2) is 42.7 Å². The Morgan fingerprint density at radius 2 is 2.10 bits per heavy atom. The molecule has 0 saturated heterocycles. The third kappa shape index (κ3) is 2.32. The van der Waals surface area contributed by atoms with Gasteiger partial charge >= 0.3 is 5.97 Å². The number of hydrogen-bond donors (Lipinski definition) is 1. The van der Waals surface area contributed by atoms with Gasteiger partial charge in [-0.15, -0.1) is 0 Å². The summed E-state index contributed by atoms with van der Waals surface area (Å²) < 4.78 is 6.94. The monoisotopic (exact) mass is 302 g/mol. The zero-order chi connectivity index (χ0) is 15.0. The normalized spacial score (nSPS) is 10.8. The number of aromatic carboxylic acids is 1. The van der Waals surface area contributed by atoms with Crippen LogP contribution in [0.3, 0.4) is 0 Å². The molecule has 0 aliphatic carbocycles. The molecule has 2 aromatic carbocycles. The highest BCUT2D eigenvalue weighted by atomic mass is 35.5. The van der Waals surface area contributed by atoms with E-state index in [1.54, 1.807) is 48.3 Å². The lowest BCUT2D eigenvalue weighted by molar-refractivity contribution is 0.0697. The molecule has 0 radical (unpaired) electrons. The number of halogens is 1. The number of carboxylic acid groups (broad SMARTS) is 1. The fraction of sp³-hybridized carbons (Fsp3) is 0.0667. The molecule has 21 heavy (non-hydrogen) atoms. The summed E-state index contributed by atoms with van der Waals surface area (Å²) in [6, 6.07) is 10.0. The summed E-state index contributed by atoms with van der Waals surface area (Å²) in [5.74, 6) is -0.327. The first-order valence-corrected chi connectivity index (χ1v) is 6.52. The molecule has 1 heterocycles. The van der Waals surface area contributed by atoms with Gasteiger partial charge < -0.3 is 9.84 Å². The molecule has 0 aliphatic rings. The van der Waals surface area contributed by atoms with Crippen molar-refractivity contribution in [3.63, 3.8) is 0 Å². The standard InChI is InChI=1S/C15H11ClN2O3/c1-21-10-3-4-11(16)13(7-10)18-8-17-12-5-2-9(15(19)20)6-14(12)18/h2-8H,1H3,(H,19,20). The molecule has 3 aromatic rings. The van der Waals surface area contributed by atoms with Crippen molar-refractivity contribution in [2.75, 3.05) is 7.11 Å². The zero-order valence-corrected chi connectivity index (χ0v) is 11.8. The second kappa shape index (κ2) is 5.10. The molecule has 0 spiro atoms. The number of rotatable bonds is 3. The van der Waals surface area contributed by atoms with Crippen LogP contribution in [-0.4, -0.2) is 27.7 Å². The van der Waals surface area contributed by atoms with Crippen LogP contribution in [-0.2, 0) is 0 Å². The highest BCUT2D eigenvalue weighted by Crippen LogP contribution is 2.28. The first-order valence-electron chi connectivity index (χ1n) is 6.14. The molecule has 5 nitrogen and oxygen atoms in total. The number of imidazole rings is 1. The van der Waals surface area contributed by atoms with Crippen molar-refractivity contribution in [2.24, 2.45) is 0 Å². The van der Waals surface area contributed by atoms with Crippen molar-refractivity contribution in [1.82, 2.24) is 9.55 Å². The van der Waals surface area contributed by atoms with Crippen LogP contribution in [0.2, 0.25) is 5.02 Å². The number of methoxy groups -OCH3 is 1. The van der Waals surface area contributed by atoms with Crippen LogP contribution < -0.4 is 4.74 Å². The Hall–Kier alpha value is -2.53. The minimum absolute atomic E-state index is 0.197. The summed E-state index contributed by atoms with van der Waals surface area (Å²) in [4.78, 5) is 15.4. The van der Waals surface area contributed by atoms with Crippen LogP contribution in [0.25, 0.3) is 16.7 Å². The number of hydrogen-bond acceptors (Lipinski definition) is 3. The first kappa shape index (κ1) is 13.5. The van der Waals surface area contributed by atoms with Gasteiger partial charge in [0.05, 0.1) is 34.4 Å². The molecule has 0 bridgehead atoms. The van der Waals surface area contributed by atoms with Gasteiger partial charge in [0.25, 0.3) is 0 Å². The molecule has 106 valence electrons. The van der Waals surface area contributed by atoms with Crippen molar-refractivity contribution in [1.29, 1.82) is 0 Å². The largest absolute Gasteiger partial charge is 0.497 e. The number of nitrogens with zero attached hydrogens (tertiary/aromatic N) is 2. The van der Waals surface area contributed by atoms with E-state index in [2.05, 4.69) is 4.98 Å². The van der Waals surface area contributed by atoms with E-state index in [1.165, 1.54) is 6.07 Å². The van der Waals surface area contributed by atoms with Gasteiger partial charge in [-0.05, 0) is 30.3 Å². The van der Waals surface area contributed by atoms with Crippen LogP contribution in [0.4, 0.5) is 0 Å². The minimum atomic E-state index is -0.985. The Balaban J connectivity index is 2.25. The molecular weight excluding hydrogens is 292 g/mol. The van der Waals surface area contributed by atoms with Crippen molar-refractivity contribution < 1.29 is 14.6 Å². The lowest BCUT2D eigenvalue weighted by Gasteiger charge is -2.09. The van der Waals surface area contributed by atoms with E-state index >= 15 is 0 Å². The average molecular weight is 303 g/mol. The molecule has 0 saturated carbocycles. The third-order valence-electron chi connectivity index (χ3n) is 3.21. The van der Waals surface area contributed by atoms with Gasteiger partial charge in [-0.3, -0.25) is 4.57 Å². The van der Waals surface area contributed by atoms with Gasteiger partial charge in [-0.25, -0.2) is 9.78 Å². The van der Waals surface area contributed by atoms with E-state index in [1.807, 2.05) is 0 Å². The Labute approximate surface area is 125 Å². The maximum atomic E-state index is 11.1. The number of ether oxygens (including phenoxy) is 1. The predicted molar refractivity (Wildman–Crippen MR) is 79.6 cm³/mol. The quantitative estimate of drug-likeness (QED) is 0.805. The summed E-state index contributed by atoms with van der Waals surface area (Å²) >= 11 is 6.23. The molecule has 0 amide bonds. The summed E-state index contributed by atoms with van der Waals surface area (Å²) in [6.07, 6.45) is 1.61. The maximum Gasteiger partial charge on any atom is 0.335 e. The summed E-state index contributed by atoms with van der Waals surface area (Å²) in [5, 5.41) is 9.63. The van der Waals surface area contributed by atoms with Crippen molar-refractivity contribution >= 4 is 28.6 Å². The van der Waals surface area contributed by atoms with Gasteiger partial charge in [0.1, 0.15) is 12.1 Å². The molecule has 0 aliphatic heterocycles. The molecule has 1 N–H and O–H groups in total. The fourth-order valence-corrected chi connectivity index (χ4v) is 2.35. The van der Waals surface area contributed by atoms with E-state index < -0.39 is 5.97 Å². The lowest BCUT2D eigenvalue weighted by Crippen LogP contribution is -1.98. The van der Waals surface area contributed by atoms with Gasteiger partial charge in [0.15, 0.2) is 0 Å². The smallest absolute Gasteiger partial charge is 0.335 e. The van der Waals surface area contributed by atoms with Gasteiger partial charge in [0, 0.05) is 6.07 Å². The SMILES string of the molecule is COc1ccc(Cl)c(-n2cnc3ccc(C(=O)O)cc32)c1. The molecule has 3 rings (SSSR count). The number of aromatic nitrogens is 2. The molecule has 0 atom stereocenters. The Kier molecular flexibility index (Phi) is 3.27. The summed E-state index contributed by atoms with van der Waals surface area (Å²) in [7, 11) is 1.57. The molecular formula is C15H11ClN2O3. The number of benzene rings is 2. The van der Waals surface area contributed by atoms with E-state index in [4.69, 9.17) is 21.4 Å². The number of fused-ring (bicyclic) bond motifs is 1. The van der Waals surface area contributed by atoms with E-state index in [9.17, 15) is 4.79 Å². The van der Waals surface area contributed by atoms with Gasteiger partial charge in [-0.2, -0.15) is 0 Å². The average Bonchev–Trinajstić information content (AvgIpc) is 2.90. The van der Waals surface area contributed by atoms with Gasteiger partial charge in [0.2, 0.25) is 0 Å². The van der Waals surface area contributed by atoms with Crippen molar-refractivity contribution in [3.05, 3.63) is 53.3 Å². The first-order chi connectivity index (χ1) is 10.1. The van der Waals surface area contributed by atoms with Crippen molar-refractivity contribution in [2.45, 2.75) is 0 Å².